The van der Waals surface area contributed by atoms with Gasteiger partial charge in [0.25, 0.3) is 0 Å². The Hall–Kier alpha value is -2.46. The molecular formula is C30H37ClN2O6S. The molecule has 1 spiro atoms. The highest BCUT2D eigenvalue weighted by atomic mass is 35.5. The van der Waals surface area contributed by atoms with Gasteiger partial charge in [0.15, 0.2) is 6.29 Å². The van der Waals surface area contributed by atoms with Crippen LogP contribution < -0.4 is 10.1 Å². The fourth-order valence-electron chi connectivity index (χ4n) is 6.83. The Labute approximate surface area is 244 Å². The lowest BCUT2D eigenvalue weighted by atomic mass is 9.61. The standard InChI is InChI=1S/C30H37ClN2O6S/c1-38-25-16-24(23(31)15-20(25)19-34)32-27(35)8-11-33-12-9-29(10-13-33)17-22(18-29)39-30(28(36)37,21-5-2-3-6-21)26-7-4-14-40-26/h4,7,14-16,19,21-22H,2-3,5-6,8-13,17-18H2,1H3,(H,32,35)(H,36,37). The first kappa shape index (κ1) is 29.0. The number of aliphatic carboxylic acids is 1. The fourth-order valence-corrected chi connectivity index (χ4v) is 7.98. The van der Waals surface area contributed by atoms with E-state index in [1.165, 1.54) is 24.5 Å². The van der Waals surface area contributed by atoms with Crippen LogP contribution in [0.3, 0.4) is 0 Å². The smallest absolute Gasteiger partial charge is 0.341 e. The molecule has 1 saturated heterocycles. The molecule has 1 amide bonds. The first-order valence-electron chi connectivity index (χ1n) is 14.1. The molecule has 1 atom stereocenters. The highest BCUT2D eigenvalue weighted by Crippen LogP contribution is 2.54. The predicted octanol–water partition coefficient (Wildman–Crippen LogP) is 5.98. The monoisotopic (exact) mass is 588 g/mol. The number of ether oxygens (including phenoxy) is 2. The second-order valence-corrected chi connectivity index (χ2v) is 12.8. The molecular weight excluding hydrogens is 552 g/mol. The summed E-state index contributed by atoms with van der Waals surface area (Å²) in [4.78, 5) is 39.6. The van der Waals surface area contributed by atoms with Gasteiger partial charge in [-0.15, -0.1) is 11.3 Å². The number of hydrogen-bond donors (Lipinski definition) is 2. The molecule has 2 saturated carbocycles. The molecule has 2 aliphatic carbocycles. The van der Waals surface area contributed by atoms with Crippen LogP contribution in [0.1, 0.15) is 73.0 Å². The van der Waals surface area contributed by atoms with Gasteiger partial charge in [-0.2, -0.15) is 0 Å². The molecule has 2 heterocycles. The molecule has 1 aromatic carbocycles. The molecule has 8 nitrogen and oxygen atoms in total. The van der Waals surface area contributed by atoms with E-state index in [4.69, 9.17) is 21.1 Å². The van der Waals surface area contributed by atoms with Gasteiger partial charge in [0.1, 0.15) is 5.75 Å². The SMILES string of the molecule is COc1cc(NC(=O)CCN2CCC3(CC2)CC(OC(C(=O)O)(c2cccs2)C2CCCC2)C3)c(Cl)cc1C=O. The molecule has 0 radical (unpaired) electrons. The minimum Gasteiger partial charge on any atom is -0.496 e. The summed E-state index contributed by atoms with van der Waals surface area (Å²) >= 11 is 7.73. The molecule has 1 aromatic heterocycles. The van der Waals surface area contributed by atoms with Crippen molar-refractivity contribution in [1.82, 2.24) is 4.90 Å². The maximum absolute atomic E-state index is 12.7. The third-order valence-corrected chi connectivity index (χ3v) is 10.4. The van der Waals surface area contributed by atoms with E-state index in [9.17, 15) is 19.5 Å². The normalized spacial score (nSPS) is 21.1. The lowest BCUT2D eigenvalue weighted by molar-refractivity contribution is -0.214. The Morgan fingerprint density at radius 2 is 1.98 bits per heavy atom. The number of carboxylic acids is 1. The van der Waals surface area contributed by atoms with Gasteiger partial charge in [-0.1, -0.05) is 30.5 Å². The summed E-state index contributed by atoms with van der Waals surface area (Å²) < 4.78 is 11.8. The number of nitrogens with one attached hydrogen (secondary N) is 1. The Balaban J connectivity index is 1.11. The number of amides is 1. The molecule has 2 N–H and O–H groups in total. The van der Waals surface area contributed by atoms with Crippen molar-refractivity contribution in [2.75, 3.05) is 32.1 Å². The number of piperidine rings is 1. The maximum atomic E-state index is 12.7. The number of rotatable bonds is 11. The number of methoxy groups -OCH3 is 1. The number of thiophene rings is 1. The fraction of sp³-hybridized carbons (Fsp3) is 0.567. The van der Waals surface area contributed by atoms with Gasteiger partial charge < -0.3 is 24.8 Å². The summed E-state index contributed by atoms with van der Waals surface area (Å²) in [5.74, 6) is -0.619. The molecule has 2 aromatic rings. The van der Waals surface area contributed by atoms with E-state index >= 15 is 0 Å². The van der Waals surface area contributed by atoms with Crippen LogP contribution in [0, 0.1) is 11.3 Å². The number of carbonyl (C=O) groups excluding carboxylic acids is 2. The van der Waals surface area contributed by atoms with Gasteiger partial charge in [0.2, 0.25) is 11.5 Å². The highest BCUT2D eigenvalue weighted by Gasteiger charge is 2.55. The zero-order chi connectivity index (χ0) is 28.3. The summed E-state index contributed by atoms with van der Waals surface area (Å²) in [6, 6.07) is 6.89. The van der Waals surface area contributed by atoms with Crippen LogP contribution in [0.15, 0.2) is 29.6 Å². The lowest BCUT2D eigenvalue weighted by Crippen LogP contribution is -2.55. The van der Waals surface area contributed by atoms with Gasteiger partial charge in [0, 0.05) is 29.8 Å². The number of carboxylic acid groups (broad SMARTS) is 1. The van der Waals surface area contributed by atoms with E-state index in [0.29, 0.717) is 36.3 Å². The quantitative estimate of drug-likeness (QED) is 0.311. The molecule has 216 valence electrons. The van der Waals surface area contributed by atoms with Crippen molar-refractivity contribution in [3.05, 3.63) is 45.1 Å². The van der Waals surface area contributed by atoms with E-state index in [-0.39, 0.29) is 28.4 Å². The van der Waals surface area contributed by atoms with Crippen LogP contribution in [-0.2, 0) is 19.9 Å². The zero-order valence-electron chi connectivity index (χ0n) is 22.8. The molecule has 10 heteroatoms. The Bertz CT molecular complexity index is 1220. The third-order valence-electron chi connectivity index (χ3n) is 9.10. The molecule has 3 fully saturated rings. The zero-order valence-corrected chi connectivity index (χ0v) is 24.4. The first-order chi connectivity index (χ1) is 19.3. The number of aldehydes is 1. The molecule has 1 aliphatic heterocycles. The van der Waals surface area contributed by atoms with Crippen molar-refractivity contribution in [1.29, 1.82) is 0 Å². The molecule has 0 bridgehead atoms. The Morgan fingerprint density at radius 1 is 1.25 bits per heavy atom. The Morgan fingerprint density at radius 3 is 2.58 bits per heavy atom. The van der Waals surface area contributed by atoms with Crippen molar-refractivity contribution in [3.63, 3.8) is 0 Å². The van der Waals surface area contributed by atoms with Crippen molar-refractivity contribution in [2.45, 2.75) is 69.5 Å². The van der Waals surface area contributed by atoms with Gasteiger partial charge in [0.05, 0.1) is 29.5 Å². The van der Waals surface area contributed by atoms with E-state index < -0.39 is 11.6 Å². The molecule has 40 heavy (non-hydrogen) atoms. The van der Waals surface area contributed by atoms with Crippen LogP contribution in [0.4, 0.5) is 5.69 Å². The maximum Gasteiger partial charge on any atom is 0.341 e. The largest absolute Gasteiger partial charge is 0.496 e. The number of hydrogen-bond acceptors (Lipinski definition) is 7. The number of carbonyl (C=O) groups is 3. The van der Waals surface area contributed by atoms with Gasteiger partial charge in [-0.3, -0.25) is 9.59 Å². The van der Waals surface area contributed by atoms with Gasteiger partial charge >= 0.3 is 5.97 Å². The second-order valence-electron chi connectivity index (χ2n) is 11.5. The predicted molar refractivity (Wildman–Crippen MR) is 154 cm³/mol. The summed E-state index contributed by atoms with van der Waals surface area (Å²) in [6.45, 7) is 2.45. The van der Waals surface area contributed by atoms with E-state index in [1.807, 2.05) is 17.5 Å². The number of likely N-dealkylation sites (tertiary alicyclic amines) is 1. The highest BCUT2D eigenvalue weighted by molar-refractivity contribution is 7.10. The van der Waals surface area contributed by atoms with E-state index in [0.717, 1.165) is 69.3 Å². The van der Waals surface area contributed by atoms with Crippen LogP contribution in [0.25, 0.3) is 0 Å². The average molecular weight is 589 g/mol. The number of halogens is 1. The average Bonchev–Trinajstić information content (AvgIpc) is 3.66. The summed E-state index contributed by atoms with van der Waals surface area (Å²) in [5, 5.41) is 15.5. The molecule has 3 aliphatic rings. The number of anilines is 1. The minimum atomic E-state index is -1.23. The summed E-state index contributed by atoms with van der Waals surface area (Å²) in [6.07, 6.45) is 8.70. The van der Waals surface area contributed by atoms with Crippen molar-refractivity contribution < 1.29 is 29.0 Å². The van der Waals surface area contributed by atoms with Crippen LogP contribution in [0.5, 0.6) is 5.75 Å². The topological polar surface area (TPSA) is 105 Å². The van der Waals surface area contributed by atoms with E-state index in [1.54, 1.807) is 6.07 Å². The Kier molecular flexibility index (Phi) is 8.85. The van der Waals surface area contributed by atoms with Gasteiger partial charge in [-0.25, -0.2) is 4.79 Å². The lowest BCUT2D eigenvalue weighted by Gasteiger charge is -2.54. The molecule has 5 rings (SSSR count). The number of nitrogens with zero attached hydrogens (tertiary/aromatic N) is 1. The van der Waals surface area contributed by atoms with Crippen LogP contribution in [-0.4, -0.2) is 61.0 Å². The minimum absolute atomic E-state index is 0.0205. The number of benzene rings is 1. The van der Waals surface area contributed by atoms with Crippen molar-refractivity contribution >= 4 is 46.8 Å². The van der Waals surface area contributed by atoms with E-state index in [2.05, 4.69) is 10.2 Å². The second kappa shape index (κ2) is 12.2. The van der Waals surface area contributed by atoms with Crippen molar-refractivity contribution in [3.8, 4) is 5.75 Å². The van der Waals surface area contributed by atoms with Crippen LogP contribution >= 0.6 is 22.9 Å². The van der Waals surface area contributed by atoms with Gasteiger partial charge in [-0.05, 0) is 74.5 Å². The van der Waals surface area contributed by atoms with Crippen LogP contribution in [0.2, 0.25) is 5.02 Å². The molecule has 1 unspecified atom stereocenters. The first-order valence-corrected chi connectivity index (χ1v) is 15.3. The summed E-state index contributed by atoms with van der Waals surface area (Å²) in [5.41, 5.74) is -0.283. The van der Waals surface area contributed by atoms with Crippen molar-refractivity contribution in [2.24, 2.45) is 11.3 Å². The third kappa shape index (κ3) is 5.79. The summed E-state index contributed by atoms with van der Waals surface area (Å²) in [7, 11) is 1.46.